The molecule has 0 bridgehead atoms. The zero-order valence-corrected chi connectivity index (χ0v) is 12.6. The molecule has 3 nitrogen and oxygen atoms in total. The van der Waals surface area contributed by atoms with Gasteiger partial charge in [-0.2, -0.15) is 13.2 Å². The van der Waals surface area contributed by atoms with Gasteiger partial charge >= 0.3 is 6.18 Å². The lowest BCUT2D eigenvalue weighted by Crippen LogP contribution is -2.06. The molecule has 0 spiro atoms. The number of hydrogen-bond acceptors (Lipinski definition) is 2. The van der Waals surface area contributed by atoms with E-state index in [2.05, 4.69) is 42.2 Å². The summed E-state index contributed by atoms with van der Waals surface area (Å²) < 4.78 is 39.8. The fraction of sp³-hybridized carbons (Fsp3) is 0.273. The van der Waals surface area contributed by atoms with Gasteiger partial charge in [-0.25, -0.2) is 4.68 Å². The van der Waals surface area contributed by atoms with Crippen LogP contribution in [0.4, 0.5) is 13.2 Å². The fourth-order valence-electron chi connectivity index (χ4n) is 1.51. The molecule has 0 saturated carbocycles. The summed E-state index contributed by atoms with van der Waals surface area (Å²) in [5, 5.41) is 8.44. The Morgan fingerprint density at radius 2 is 1.95 bits per heavy atom. The molecular formula is C11H8Br2F3N3. The molecule has 8 heteroatoms. The highest BCUT2D eigenvalue weighted by molar-refractivity contribution is 9.10. The van der Waals surface area contributed by atoms with Crippen molar-refractivity contribution in [2.75, 3.05) is 5.33 Å². The molecule has 102 valence electrons. The Morgan fingerprint density at radius 3 is 2.58 bits per heavy atom. The second-order valence-electron chi connectivity index (χ2n) is 3.79. The molecule has 2 rings (SSSR count). The third kappa shape index (κ3) is 3.56. The van der Waals surface area contributed by atoms with Gasteiger partial charge in [0, 0.05) is 16.2 Å². The van der Waals surface area contributed by atoms with Crippen LogP contribution in [0.15, 0.2) is 28.9 Å². The first kappa shape index (κ1) is 14.5. The van der Waals surface area contributed by atoms with Crippen molar-refractivity contribution in [1.29, 1.82) is 0 Å². The summed E-state index contributed by atoms with van der Waals surface area (Å²) in [6.45, 7) is 0. The van der Waals surface area contributed by atoms with Crippen LogP contribution in [0.2, 0.25) is 0 Å². The maximum atomic E-state index is 12.7. The highest BCUT2D eigenvalue weighted by atomic mass is 79.9. The largest absolute Gasteiger partial charge is 0.416 e. The summed E-state index contributed by atoms with van der Waals surface area (Å²) in [6, 6.07) is 3.62. The number of nitrogens with zero attached hydrogens (tertiary/aromatic N) is 3. The molecule has 1 aromatic carbocycles. The molecule has 0 saturated heterocycles. The van der Waals surface area contributed by atoms with Crippen molar-refractivity contribution in [3.05, 3.63) is 40.1 Å². The molecule has 0 aliphatic rings. The summed E-state index contributed by atoms with van der Waals surface area (Å²) >= 11 is 6.34. The van der Waals surface area contributed by atoms with Crippen LogP contribution in [-0.2, 0) is 12.6 Å². The number of rotatable bonds is 3. The van der Waals surface area contributed by atoms with Gasteiger partial charge in [-0.15, -0.1) is 5.10 Å². The van der Waals surface area contributed by atoms with E-state index in [4.69, 9.17) is 0 Å². The molecule has 0 fully saturated rings. The summed E-state index contributed by atoms with van der Waals surface area (Å²) in [5.41, 5.74) is 0.301. The van der Waals surface area contributed by atoms with Crippen LogP contribution in [0.3, 0.4) is 0 Å². The van der Waals surface area contributed by atoms with Gasteiger partial charge in [0.25, 0.3) is 0 Å². The number of halogens is 5. The van der Waals surface area contributed by atoms with Gasteiger partial charge in [-0.05, 0) is 18.2 Å². The molecule has 2 aromatic rings. The van der Waals surface area contributed by atoms with Crippen molar-refractivity contribution >= 4 is 31.9 Å². The van der Waals surface area contributed by atoms with Crippen LogP contribution in [0.5, 0.6) is 0 Å². The van der Waals surface area contributed by atoms with Crippen LogP contribution in [-0.4, -0.2) is 20.3 Å². The molecular weight excluding hydrogens is 391 g/mol. The van der Waals surface area contributed by atoms with Gasteiger partial charge in [-0.3, -0.25) is 0 Å². The normalized spacial score (nSPS) is 11.8. The lowest BCUT2D eigenvalue weighted by molar-refractivity contribution is -0.137. The van der Waals surface area contributed by atoms with Gasteiger partial charge in [0.1, 0.15) is 0 Å². The van der Waals surface area contributed by atoms with Gasteiger partial charge < -0.3 is 0 Å². The third-order valence-electron chi connectivity index (χ3n) is 2.37. The summed E-state index contributed by atoms with van der Waals surface area (Å²) in [5.74, 6) is 0. The van der Waals surface area contributed by atoms with E-state index in [1.54, 1.807) is 12.3 Å². The SMILES string of the molecule is FC(F)(F)c1cc(Br)cc(-n2cc(CCBr)nn2)c1. The second kappa shape index (κ2) is 5.62. The number of benzene rings is 1. The summed E-state index contributed by atoms with van der Waals surface area (Å²) in [7, 11) is 0. The standard InChI is InChI=1S/C11H8Br2F3N3/c12-2-1-9-6-19(18-17-9)10-4-7(11(14,15)16)3-8(13)5-10/h3-6H,1-2H2. The molecule has 0 atom stereocenters. The van der Waals surface area contributed by atoms with Crippen LogP contribution >= 0.6 is 31.9 Å². The Labute approximate surface area is 124 Å². The van der Waals surface area contributed by atoms with E-state index in [0.29, 0.717) is 22.3 Å². The van der Waals surface area contributed by atoms with Crippen molar-refractivity contribution in [2.24, 2.45) is 0 Å². The predicted molar refractivity (Wildman–Crippen MR) is 71.6 cm³/mol. The van der Waals surface area contributed by atoms with E-state index >= 15 is 0 Å². The lowest BCUT2D eigenvalue weighted by Gasteiger charge is -2.09. The van der Waals surface area contributed by atoms with Crippen molar-refractivity contribution < 1.29 is 13.2 Å². The molecule has 0 unspecified atom stereocenters. The lowest BCUT2D eigenvalue weighted by atomic mass is 10.2. The van der Waals surface area contributed by atoms with Crippen LogP contribution in [0, 0.1) is 0 Å². The molecule has 0 amide bonds. The summed E-state index contributed by atoms with van der Waals surface area (Å²) in [6.07, 6.45) is -2.11. The minimum absolute atomic E-state index is 0.315. The van der Waals surface area contributed by atoms with E-state index in [9.17, 15) is 13.2 Å². The average molecular weight is 399 g/mol. The first-order chi connectivity index (χ1) is 8.90. The first-order valence-electron chi connectivity index (χ1n) is 5.25. The smallest absolute Gasteiger partial charge is 0.220 e. The molecule has 0 radical (unpaired) electrons. The monoisotopic (exact) mass is 397 g/mol. The predicted octanol–water partition coefficient (Wildman–Crippen LogP) is 3.99. The Morgan fingerprint density at radius 1 is 1.21 bits per heavy atom. The second-order valence-corrected chi connectivity index (χ2v) is 5.50. The summed E-state index contributed by atoms with van der Waals surface area (Å²) in [4.78, 5) is 0. The van der Waals surface area contributed by atoms with Gasteiger partial charge in [0.2, 0.25) is 0 Å². The van der Waals surface area contributed by atoms with E-state index < -0.39 is 11.7 Å². The highest BCUT2D eigenvalue weighted by Crippen LogP contribution is 2.32. The zero-order valence-electron chi connectivity index (χ0n) is 9.46. The van der Waals surface area contributed by atoms with Crippen molar-refractivity contribution in [3.63, 3.8) is 0 Å². The molecule has 1 heterocycles. The van der Waals surface area contributed by atoms with E-state index in [0.717, 1.165) is 17.5 Å². The molecule has 1 aromatic heterocycles. The molecule has 0 aliphatic heterocycles. The Balaban J connectivity index is 2.41. The minimum atomic E-state index is -4.39. The van der Waals surface area contributed by atoms with Crippen LogP contribution in [0.25, 0.3) is 5.69 Å². The third-order valence-corrected chi connectivity index (χ3v) is 3.22. The van der Waals surface area contributed by atoms with Gasteiger partial charge in [0.15, 0.2) is 0 Å². The Kier molecular flexibility index (Phi) is 4.29. The van der Waals surface area contributed by atoms with Crippen LogP contribution < -0.4 is 0 Å². The van der Waals surface area contributed by atoms with Crippen molar-refractivity contribution in [2.45, 2.75) is 12.6 Å². The zero-order chi connectivity index (χ0) is 14.0. The quantitative estimate of drug-likeness (QED) is 0.732. The maximum absolute atomic E-state index is 12.7. The van der Waals surface area contributed by atoms with Crippen molar-refractivity contribution in [3.8, 4) is 5.69 Å². The highest BCUT2D eigenvalue weighted by Gasteiger charge is 2.31. The minimum Gasteiger partial charge on any atom is -0.220 e. The van der Waals surface area contributed by atoms with Gasteiger partial charge in [0.05, 0.1) is 23.1 Å². The maximum Gasteiger partial charge on any atom is 0.416 e. The Hall–Kier alpha value is -0.890. The Bertz CT molecular complexity index is 581. The number of alkyl halides is 4. The first-order valence-corrected chi connectivity index (χ1v) is 7.17. The van der Waals surface area contributed by atoms with E-state index in [-0.39, 0.29) is 0 Å². The number of aromatic nitrogens is 3. The molecule has 19 heavy (non-hydrogen) atoms. The van der Waals surface area contributed by atoms with Crippen molar-refractivity contribution in [1.82, 2.24) is 15.0 Å². The molecule has 0 N–H and O–H groups in total. The topological polar surface area (TPSA) is 30.7 Å². The molecule has 0 aliphatic carbocycles. The fourth-order valence-corrected chi connectivity index (χ4v) is 2.39. The van der Waals surface area contributed by atoms with Crippen LogP contribution in [0.1, 0.15) is 11.3 Å². The van der Waals surface area contributed by atoms with E-state index in [1.165, 1.54) is 4.68 Å². The number of hydrogen-bond donors (Lipinski definition) is 0. The number of aryl methyl sites for hydroxylation is 1. The van der Waals surface area contributed by atoms with Gasteiger partial charge in [-0.1, -0.05) is 37.1 Å². The average Bonchev–Trinajstić information content (AvgIpc) is 2.76. The van der Waals surface area contributed by atoms with E-state index in [1.807, 2.05) is 0 Å².